The molecule has 1 aromatic carbocycles. The van der Waals surface area contributed by atoms with Crippen molar-refractivity contribution >= 4 is 11.0 Å². The van der Waals surface area contributed by atoms with Crippen molar-refractivity contribution in [1.29, 1.82) is 0 Å². The molecule has 1 aromatic heterocycles. The van der Waals surface area contributed by atoms with Crippen molar-refractivity contribution in [3.8, 4) is 0 Å². The van der Waals surface area contributed by atoms with Gasteiger partial charge in [0.05, 0.1) is 16.6 Å². The van der Waals surface area contributed by atoms with Gasteiger partial charge in [0.25, 0.3) is 5.56 Å². The molecular weight excluding hydrogens is 290 g/mol. The molecule has 0 N–H and O–H groups in total. The van der Waals surface area contributed by atoms with Crippen LogP contribution in [0.3, 0.4) is 0 Å². The lowest BCUT2D eigenvalue weighted by molar-refractivity contribution is -0.142. The van der Waals surface area contributed by atoms with Gasteiger partial charge in [-0.25, -0.2) is 4.98 Å². The molecule has 2 rings (SSSR count). The number of aryl methyl sites for hydroxylation is 1. The second-order valence-corrected chi connectivity index (χ2v) is 4.02. The Morgan fingerprint density at radius 3 is 2.15 bits per heavy atom. The van der Waals surface area contributed by atoms with Crippen molar-refractivity contribution in [3.05, 3.63) is 39.8 Å². The average Bonchev–Trinajstić information content (AvgIpc) is 2.30. The van der Waals surface area contributed by atoms with Crippen LogP contribution in [-0.2, 0) is 19.4 Å². The summed E-state index contributed by atoms with van der Waals surface area (Å²) in [5.74, 6) is 0. The normalized spacial score (nSPS) is 12.9. The molecule has 0 aliphatic carbocycles. The van der Waals surface area contributed by atoms with Gasteiger partial charge in [-0.05, 0) is 18.2 Å². The molecule has 0 saturated heterocycles. The summed E-state index contributed by atoms with van der Waals surface area (Å²) in [5.41, 5.74) is -4.89. The summed E-state index contributed by atoms with van der Waals surface area (Å²) < 4.78 is 75.8. The summed E-state index contributed by atoms with van der Waals surface area (Å²) in [6.07, 6.45) is -9.63. The van der Waals surface area contributed by atoms with Gasteiger partial charge < -0.3 is 4.57 Å². The Hall–Kier alpha value is -2.06. The number of hydrogen-bond donors (Lipinski definition) is 0. The fourth-order valence-corrected chi connectivity index (χ4v) is 1.68. The maximum Gasteiger partial charge on any atom is 0.438 e. The molecule has 108 valence electrons. The lowest BCUT2D eigenvalue weighted by atomic mass is 10.2. The second-order valence-electron chi connectivity index (χ2n) is 4.02. The average molecular weight is 296 g/mol. The topological polar surface area (TPSA) is 34.9 Å². The van der Waals surface area contributed by atoms with Crippen LogP contribution in [0.2, 0.25) is 0 Å². The van der Waals surface area contributed by atoms with Gasteiger partial charge >= 0.3 is 12.4 Å². The van der Waals surface area contributed by atoms with Gasteiger partial charge in [-0.3, -0.25) is 4.79 Å². The van der Waals surface area contributed by atoms with Crippen LogP contribution in [0.1, 0.15) is 11.3 Å². The Morgan fingerprint density at radius 2 is 1.65 bits per heavy atom. The van der Waals surface area contributed by atoms with Crippen LogP contribution in [0.25, 0.3) is 11.0 Å². The van der Waals surface area contributed by atoms with E-state index in [1.807, 2.05) is 0 Å². The summed E-state index contributed by atoms with van der Waals surface area (Å²) >= 11 is 0. The highest BCUT2D eigenvalue weighted by Gasteiger charge is 2.37. The summed E-state index contributed by atoms with van der Waals surface area (Å²) in [5, 5.41) is 0. The van der Waals surface area contributed by atoms with Gasteiger partial charge in [-0.15, -0.1) is 0 Å². The zero-order valence-corrected chi connectivity index (χ0v) is 9.80. The first kappa shape index (κ1) is 14.4. The molecule has 0 amide bonds. The van der Waals surface area contributed by atoms with Crippen molar-refractivity contribution in [3.63, 3.8) is 0 Å². The van der Waals surface area contributed by atoms with Crippen LogP contribution < -0.4 is 5.56 Å². The van der Waals surface area contributed by atoms with Crippen LogP contribution in [0.5, 0.6) is 0 Å². The zero-order chi connectivity index (χ0) is 15.3. The lowest BCUT2D eigenvalue weighted by Gasteiger charge is -2.12. The van der Waals surface area contributed by atoms with Crippen molar-refractivity contribution in [2.75, 3.05) is 0 Å². The van der Waals surface area contributed by atoms with Gasteiger partial charge in [-0.2, -0.15) is 26.3 Å². The third-order valence-electron chi connectivity index (χ3n) is 2.67. The first-order valence-electron chi connectivity index (χ1n) is 5.17. The van der Waals surface area contributed by atoms with Crippen molar-refractivity contribution < 1.29 is 26.3 Å². The number of aromatic nitrogens is 2. The third kappa shape index (κ3) is 2.35. The number of benzene rings is 1. The number of fused-ring (bicyclic) bond motifs is 1. The van der Waals surface area contributed by atoms with E-state index in [0.29, 0.717) is 16.7 Å². The van der Waals surface area contributed by atoms with Crippen molar-refractivity contribution in [2.45, 2.75) is 12.4 Å². The summed E-state index contributed by atoms with van der Waals surface area (Å²) in [6, 6.07) is 2.00. The smallest absolute Gasteiger partial charge is 0.308 e. The molecular formula is C11H6F6N2O. The van der Waals surface area contributed by atoms with Gasteiger partial charge in [0, 0.05) is 7.05 Å². The molecule has 9 heteroatoms. The SMILES string of the molecule is Cn1c(=O)c(C(F)(F)F)nc2ccc(C(F)(F)F)cc21. The lowest BCUT2D eigenvalue weighted by Crippen LogP contribution is -2.29. The van der Waals surface area contributed by atoms with E-state index in [0.717, 1.165) is 13.1 Å². The number of alkyl halides is 6. The molecule has 2 aromatic rings. The molecule has 0 spiro atoms. The summed E-state index contributed by atoms with van der Waals surface area (Å²) in [4.78, 5) is 14.6. The molecule has 20 heavy (non-hydrogen) atoms. The first-order valence-corrected chi connectivity index (χ1v) is 5.17. The first-order chi connectivity index (χ1) is 9.01. The quantitative estimate of drug-likeness (QED) is 0.701. The molecule has 0 atom stereocenters. The fourth-order valence-electron chi connectivity index (χ4n) is 1.68. The van der Waals surface area contributed by atoms with Crippen molar-refractivity contribution in [1.82, 2.24) is 9.55 Å². The Bertz CT molecular complexity index is 728. The Balaban J connectivity index is 2.81. The van der Waals surface area contributed by atoms with E-state index >= 15 is 0 Å². The van der Waals surface area contributed by atoms with E-state index in [1.54, 1.807) is 0 Å². The molecule has 0 fully saturated rings. The standard InChI is InChI=1S/C11H6F6N2O/c1-19-7-4-5(10(12,13)14)2-3-6(7)18-8(9(19)20)11(15,16)17/h2-4H,1H3. The van der Waals surface area contributed by atoms with Gasteiger partial charge in [0.1, 0.15) is 0 Å². The molecule has 0 radical (unpaired) electrons. The zero-order valence-electron chi connectivity index (χ0n) is 9.80. The summed E-state index contributed by atoms with van der Waals surface area (Å²) in [7, 11) is 0.960. The molecule has 0 saturated carbocycles. The van der Waals surface area contributed by atoms with Crippen LogP contribution in [0.4, 0.5) is 26.3 Å². The van der Waals surface area contributed by atoms with Crippen LogP contribution in [-0.4, -0.2) is 9.55 Å². The Morgan fingerprint density at radius 1 is 1.05 bits per heavy atom. The van der Waals surface area contributed by atoms with Crippen LogP contribution in [0, 0.1) is 0 Å². The van der Waals surface area contributed by atoms with E-state index in [2.05, 4.69) is 4.98 Å². The molecule has 0 aliphatic rings. The number of rotatable bonds is 0. The molecule has 3 nitrogen and oxygen atoms in total. The highest BCUT2D eigenvalue weighted by Crippen LogP contribution is 2.31. The van der Waals surface area contributed by atoms with Gasteiger partial charge in [0.15, 0.2) is 0 Å². The number of hydrogen-bond acceptors (Lipinski definition) is 2. The Labute approximate surface area is 107 Å². The predicted molar refractivity (Wildman–Crippen MR) is 57.0 cm³/mol. The largest absolute Gasteiger partial charge is 0.438 e. The number of halogens is 6. The molecule has 0 aliphatic heterocycles. The van der Waals surface area contributed by atoms with Crippen LogP contribution >= 0.6 is 0 Å². The Kier molecular flexibility index (Phi) is 3.03. The van der Waals surface area contributed by atoms with Gasteiger partial charge in [-0.1, -0.05) is 0 Å². The monoisotopic (exact) mass is 296 g/mol. The minimum Gasteiger partial charge on any atom is -0.308 e. The minimum atomic E-state index is -4.97. The highest BCUT2D eigenvalue weighted by atomic mass is 19.4. The van der Waals surface area contributed by atoms with Gasteiger partial charge in [0.2, 0.25) is 5.69 Å². The second kappa shape index (κ2) is 4.22. The fraction of sp³-hybridized carbons (Fsp3) is 0.273. The maximum absolute atomic E-state index is 12.6. The summed E-state index contributed by atoms with van der Waals surface area (Å²) in [6.45, 7) is 0. The van der Waals surface area contributed by atoms with E-state index < -0.39 is 29.2 Å². The van der Waals surface area contributed by atoms with E-state index in [9.17, 15) is 31.1 Å². The van der Waals surface area contributed by atoms with Crippen molar-refractivity contribution in [2.24, 2.45) is 7.05 Å². The third-order valence-corrected chi connectivity index (χ3v) is 2.67. The van der Waals surface area contributed by atoms with E-state index in [4.69, 9.17) is 0 Å². The molecule has 0 bridgehead atoms. The van der Waals surface area contributed by atoms with Crippen LogP contribution in [0.15, 0.2) is 23.0 Å². The van der Waals surface area contributed by atoms with E-state index in [-0.39, 0.29) is 11.0 Å². The molecule has 1 heterocycles. The predicted octanol–water partition coefficient (Wildman–Crippen LogP) is 2.97. The highest BCUT2D eigenvalue weighted by molar-refractivity contribution is 5.75. The maximum atomic E-state index is 12.6. The minimum absolute atomic E-state index is 0.321. The number of nitrogens with zero attached hydrogens (tertiary/aromatic N) is 2. The van der Waals surface area contributed by atoms with E-state index in [1.165, 1.54) is 0 Å². The molecule has 0 unspecified atom stereocenters.